The first-order valence-corrected chi connectivity index (χ1v) is 9.25. The molecule has 3 heterocycles. The lowest BCUT2D eigenvalue weighted by Crippen LogP contribution is -2.39. The van der Waals surface area contributed by atoms with Crippen molar-refractivity contribution in [3.05, 3.63) is 34.0 Å². The summed E-state index contributed by atoms with van der Waals surface area (Å²) in [5.41, 5.74) is 1.71. The molecule has 0 spiro atoms. The molecule has 0 aliphatic carbocycles. The zero-order chi connectivity index (χ0) is 16.4. The molecule has 0 bridgehead atoms. The Morgan fingerprint density at radius 2 is 2.30 bits per heavy atom. The number of amides is 1. The number of hydrogen-bond donors (Lipinski definition) is 0. The third-order valence-electron chi connectivity index (χ3n) is 4.35. The molecule has 1 atom stereocenters. The van der Waals surface area contributed by atoms with Crippen LogP contribution in [0.4, 0.5) is 0 Å². The molecule has 3 rings (SSSR count). The summed E-state index contributed by atoms with van der Waals surface area (Å²) in [6, 6.07) is 2.10. The largest absolute Gasteiger partial charge is 0.337 e. The normalized spacial score (nSPS) is 18.6. The zero-order valence-corrected chi connectivity index (χ0v) is 14.8. The fraction of sp³-hybridized carbons (Fsp3) is 0.588. The first-order valence-electron chi connectivity index (χ1n) is 8.37. The highest BCUT2D eigenvalue weighted by Crippen LogP contribution is 2.30. The van der Waals surface area contributed by atoms with Crippen LogP contribution in [0.15, 0.2) is 17.6 Å². The van der Waals surface area contributed by atoms with Crippen LogP contribution >= 0.6 is 11.3 Å². The molecule has 2 aromatic heterocycles. The van der Waals surface area contributed by atoms with Crippen LogP contribution < -0.4 is 0 Å². The van der Waals surface area contributed by atoms with E-state index in [4.69, 9.17) is 4.98 Å². The van der Waals surface area contributed by atoms with Gasteiger partial charge in [-0.25, -0.2) is 4.98 Å². The lowest BCUT2D eigenvalue weighted by Gasteiger charge is -2.31. The van der Waals surface area contributed by atoms with Crippen molar-refractivity contribution >= 4 is 17.2 Å². The van der Waals surface area contributed by atoms with Crippen LogP contribution in [-0.2, 0) is 6.42 Å². The van der Waals surface area contributed by atoms with E-state index >= 15 is 0 Å². The molecule has 0 saturated carbocycles. The Morgan fingerprint density at radius 1 is 1.48 bits per heavy atom. The second kappa shape index (κ2) is 6.83. The molecule has 23 heavy (non-hydrogen) atoms. The molecule has 1 aliphatic rings. The minimum Gasteiger partial charge on any atom is -0.337 e. The van der Waals surface area contributed by atoms with Gasteiger partial charge in [-0.15, -0.1) is 11.3 Å². The summed E-state index contributed by atoms with van der Waals surface area (Å²) in [6.45, 7) is 7.82. The topological polar surface area (TPSA) is 51.0 Å². The zero-order valence-electron chi connectivity index (χ0n) is 14.0. The van der Waals surface area contributed by atoms with Gasteiger partial charge in [0.15, 0.2) is 0 Å². The number of thiazole rings is 1. The van der Waals surface area contributed by atoms with Crippen molar-refractivity contribution in [2.45, 2.75) is 52.0 Å². The van der Waals surface area contributed by atoms with E-state index in [9.17, 15) is 4.79 Å². The summed E-state index contributed by atoms with van der Waals surface area (Å²) < 4.78 is 1.84. The summed E-state index contributed by atoms with van der Waals surface area (Å²) in [6.07, 6.45) is 5.00. The van der Waals surface area contributed by atoms with Gasteiger partial charge in [-0.05, 0) is 39.2 Å². The molecule has 5 nitrogen and oxygen atoms in total. The van der Waals surface area contributed by atoms with Gasteiger partial charge in [0.1, 0.15) is 5.69 Å². The number of carbonyl (C=O) groups is 1. The van der Waals surface area contributed by atoms with Gasteiger partial charge < -0.3 is 4.90 Å². The van der Waals surface area contributed by atoms with E-state index < -0.39 is 0 Å². The highest BCUT2D eigenvalue weighted by Gasteiger charge is 2.28. The molecule has 0 aromatic carbocycles. The van der Waals surface area contributed by atoms with Gasteiger partial charge in [0.25, 0.3) is 5.91 Å². The van der Waals surface area contributed by atoms with Gasteiger partial charge in [0.2, 0.25) is 0 Å². The standard InChI is InChI=1S/C17H24N4OS/c1-4-14-11-23-16(18-14)13-6-5-8-20(10-13)17(22)15-7-9-21(19-15)12(2)3/h7,9,11-13H,4-6,8,10H2,1-3H3/t13-/m1/s1. The Hall–Kier alpha value is -1.69. The smallest absolute Gasteiger partial charge is 0.274 e. The number of aryl methyl sites for hydroxylation is 1. The van der Waals surface area contributed by atoms with Gasteiger partial charge in [-0.3, -0.25) is 9.48 Å². The minimum absolute atomic E-state index is 0.0429. The van der Waals surface area contributed by atoms with Crippen molar-refractivity contribution in [2.75, 3.05) is 13.1 Å². The average molecular weight is 332 g/mol. The summed E-state index contributed by atoms with van der Waals surface area (Å²) in [5, 5.41) is 7.72. The average Bonchev–Trinajstić information content (AvgIpc) is 3.23. The van der Waals surface area contributed by atoms with E-state index in [0.29, 0.717) is 11.6 Å². The number of nitrogens with zero attached hydrogens (tertiary/aromatic N) is 4. The first-order chi connectivity index (χ1) is 11.1. The van der Waals surface area contributed by atoms with Gasteiger partial charge in [0, 0.05) is 36.6 Å². The molecule has 1 aliphatic heterocycles. The second-order valence-electron chi connectivity index (χ2n) is 6.40. The van der Waals surface area contributed by atoms with Crippen molar-refractivity contribution in [3.63, 3.8) is 0 Å². The highest BCUT2D eigenvalue weighted by atomic mass is 32.1. The number of likely N-dealkylation sites (tertiary alicyclic amines) is 1. The van der Waals surface area contributed by atoms with Crippen LogP contribution in [0.3, 0.4) is 0 Å². The van der Waals surface area contributed by atoms with E-state index in [1.54, 1.807) is 11.3 Å². The Labute approximate surface area is 141 Å². The molecule has 0 radical (unpaired) electrons. The van der Waals surface area contributed by atoms with Crippen LogP contribution in [0.5, 0.6) is 0 Å². The Balaban J connectivity index is 1.70. The molecule has 1 saturated heterocycles. The van der Waals surface area contributed by atoms with Crippen LogP contribution in [0.1, 0.15) is 66.8 Å². The molecule has 1 fully saturated rings. The molecule has 1 amide bonds. The Morgan fingerprint density at radius 3 is 2.96 bits per heavy atom. The highest BCUT2D eigenvalue weighted by molar-refractivity contribution is 7.09. The SMILES string of the molecule is CCc1csc([C@@H]2CCCN(C(=O)c3ccn(C(C)C)n3)C2)n1. The monoisotopic (exact) mass is 332 g/mol. The van der Waals surface area contributed by atoms with Crippen molar-refractivity contribution in [2.24, 2.45) is 0 Å². The van der Waals surface area contributed by atoms with E-state index in [1.807, 2.05) is 21.8 Å². The van der Waals surface area contributed by atoms with E-state index in [0.717, 1.165) is 38.0 Å². The second-order valence-corrected chi connectivity index (χ2v) is 7.29. The van der Waals surface area contributed by atoms with E-state index in [-0.39, 0.29) is 11.9 Å². The summed E-state index contributed by atoms with van der Waals surface area (Å²) >= 11 is 1.73. The first kappa shape index (κ1) is 16.2. The molecule has 124 valence electrons. The maximum atomic E-state index is 12.7. The minimum atomic E-state index is 0.0429. The van der Waals surface area contributed by atoms with Crippen molar-refractivity contribution < 1.29 is 4.79 Å². The Kier molecular flexibility index (Phi) is 4.80. The van der Waals surface area contributed by atoms with E-state index in [2.05, 4.69) is 31.2 Å². The van der Waals surface area contributed by atoms with Crippen molar-refractivity contribution in [3.8, 4) is 0 Å². The Bertz CT molecular complexity index is 676. The van der Waals surface area contributed by atoms with Crippen LogP contribution in [-0.4, -0.2) is 38.7 Å². The lowest BCUT2D eigenvalue weighted by atomic mass is 9.98. The number of carbonyl (C=O) groups excluding carboxylic acids is 1. The number of hydrogen-bond acceptors (Lipinski definition) is 4. The number of piperidine rings is 1. The predicted octanol–water partition coefficient (Wildman–Crippen LogP) is 3.50. The van der Waals surface area contributed by atoms with Gasteiger partial charge >= 0.3 is 0 Å². The third-order valence-corrected chi connectivity index (χ3v) is 5.40. The van der Waals surface area contributed by atoms with Gasteiger partial charge in [-0.1, -0.05) is 6.92 Å². The molecule has 2 aromatic rings. The van der Waals surface area contributed by atoms with Gasteiger partial charge in [-0.2, -0.15) is 5.10 Å². The molecule has 0 N–H and O–H groups in total. The quantitative estimate of drug-likeness (QED) is 0.861. The van der Waals surface area contributed by atoms with Crippen molar-refractivity contribution in [1.82, 2.24) is 19.7 Å². The maximum absolute atomic E-state index is 12.7. The summed E-state index contributed by atoms with van der Waals surface area (Å²) in [4.78, 5) is 19.4. The number of aromatic nitrogens is 3. The molecule has 0 unspecified atom stereocenters. The maximum Gasteiger partial charge on any atom is 0.274 e. The molecular formula is C17H24N4OS. The van der Waals surface area contributed by atoms with Crippen LogP contribution in [0.25, 0.3) is 0 Å². The number of rotatable bonds is 4. The van der Waals surface area contributed by atoms with Crippen molar-refractivity contribution in [1.29, 1.82) is 0 Å². The third kappa shape index (κ3) is 3.47. The van der Waals surface area contributed by atoms with Crippen LogP contribution in [0, 0.1) is 0 Å². The fourth-order valence-electron chi connectivity index (χ4n) is 2.94. The van der Waals surface area contributed by atoms with E-state index in [1.165, 1.54) is 5.01 Å². The summed E-state index contributed by atoms with van der Waals surface area (Å²) in [7, 11) is 0. The van der Waals surface area contributed by atoms with Gasteiger partial charge in [0.05, 0.1) is 10.7 Å². The fourth-order valence-corrected chi connectivity index (χ4v) is 3.97. The lowest BCUT2D eigenvalue weighted by molar-refractivity contribution is 0.0700. The predicted molar refractivity (Wildman–Crippen MR) is 92.0 cm³/mol. The molecular weight excluding hydrogens is 308 g/mol. The molecule has 6 heteroatoms. The van der Waals surface area contributed by atoms with Crippen LogP contribution in [0.2, 0.25) is 0 Å². The summed E-state index contributed by atoms with van der Waals surface area (Å²) in [5.74, 6) is 0.409.